The first-order valence-electron chi connectivity index (χ1n) is 5.30. The van der Waals surface area contributed by atoms with Crippen molar-refractivity contribution in [3.63, 3.8) is 0 Å². The average molecular weight is 254 g/mol. The van der Waals surface area contributed by atoms with Crippen LogP contribution in [0.2, 0.25) is 5.02 Å². The number of carbonyl (C=O) groups is 2. The number of halogens is 1. The molecule has 0 unspecified atom stereocenters. The van der Waals surface area contributed by atoms with Crippen LogP contribution in [0.15, 0.2) is 18.2 Å². The number of nitrogens with one attached hydrogen (secondary N) is 1. The molecule has 90 valence electrons. The van der Waals surface area contributed by atoms with Crippen molar-refractivity contribution in [3.05, 3.63) is 28.8 Å². The van der Waals surface area contributed by atoms with Gasteiger partial charge in [-0.25, -0.2) is 4.79 Å². The van der Waals surface area contributed by atoms with E-state index in [0.29, 0.717) is 10.7 Å². The van der Waals surface area contributed by atoms with Gasteiger partial charge in [-0.1, -0.05) is 11.6 Å². The van der Waals surface area contributed by atoms with Gasteiger partial charge in [-0.3, -0.25) is 4.79 Å². The second kappa shape index (κ2) is 4.75. The third kappa shape index (κ3) is 2.77. The third-order valence-corrected chi connectivity index (χ3v) is 2.92. The molecule has 0 aliphatic heterocycles. The molecule has 0 atom stereocenters. The number of amides is 1. The molecule has 4 nitrogen and oxygen atoms in total. The molecule has 0 saturated heterocycles. The summed E-state index contributed by atoms with van der Waals surface area (Å²) in [5.41, 5.74) is 0.814. The van der Waals surface area contributed by atoms with E-state index in [1.807, 2.05) is 0 Å². The van der Waals surface area contributed by atoms with Gasteiger partial charge in [-0.15, -0.1) is 0 Å². The highest BCUT2D eigenvalue weighted by Gasteiger charge is 2.29. The zero-order chi connectivity index (χ0) is 12.4. The number of hydrogen-bond donors (Lipinski definition) is 1. The smallest absolute Gasteiger partial charge is 0.339 e. The van der Waals surface area contributed by atoms with E-state index in [2.05, 4.69) is 10.1 Å². The van der Waals surface area contributed by atoms with Crippen LogP contribution in [0.3, 0.4) is 0 Å². The minimum atomic E-state index is -0.516. The van der Waals surface area contributed by atoms with Crippen molar-refractivity contribution in [3.8, 4) is 0 Å². The normalized spacial score (nSPS) is 14.2. The SMILES string of the molecule is COC(=O)c1cc(NC(=O)C2CC2)ccc1Cl. The van der Waals surface area contributed by atoms with E-state index in [0.717, 1.165) is 12.8 Å². The lowest BCUT2D eigenvalue weighted by Gasteiger charge is -2.07. The van der Waals surface area contributed by atoms with Gasteiger partial charge in [0.15, 0.2) is 0 Å². The lowest BCUT2D eigenvalue weighted by Crippen LogP contribution is -2.14. The van der Waals surface area contributed by atoms with Crippen LogP contribution in [-0.4, -0.2) is 19.0 Å². The van der Waals surface area contributed by atoms with Gasteiger partial charge in [0.05, 0.1) is 17.7 Å². The molecule has 0 heterocycles. The van der Waals surface area contributed by atoms with Crippen molar-refractivity contribution < 1.29 is 14.3 Å². The van der Waals surface area contributed by atoms with E-state index in [-0.39, 0.29) is 17.4 Å². The Kier molecular flexibility index (Phi) is 3.33. The monoisotopic (exact) mass is 253 g/mol. The number of esters is 1. The molecular formula is C12H12ClNO3. The topological polar surface area (TPSA) is 55.4 Å². The van der Waals surface area contributed by atoms with Gasteiger partial charge in [-0.2, -0.15) is 0 Å². The van der Waals surface area contributed by atoms with Crippen LogP contribution in [0.1, 0.15) is 23.2 Å². The molecule has 1 aromatic rings. The van der Waals surface area contributed by atoms with Crippen LogP contribution in [0.25, 0.3) is 0 Å². The largest absolute Gasteiger partial charge is 0.465 e. The van der Waals surface area contributed by atoms with Gasteiger partial charge < -0.3 is 10.1 Å². The molecule has 0 radical (unpaired) electrons. The van der Waals surface area contributed by atoms with Gasteiger partial charge in [0, 0.05) is 11.6 Å². The van der Waals surface area contributed by atoms with Gasteiger partial charge in [0.25, 0.3) is 0 Å². The van der Waals surface area contributed by atoms with Crippen LogP contribution in [0.5, 0.6) is 0 Å². The summed E-state index contributed by atoms with van der Waals surface area (Å²) in [7, 11) is 1.29. The Bertz CT molecular complexity index is 469. The van der Waals surface area contributed by atoms with Crippen molar-refractivity contribution in [2.75, 3.05) is 12.4 Å². The second-order valence-corrected chi connectivity index (χ2v) is 4.36. The first-order chi connectivity index (χ1) is 8.11. The lowest BCUT2D eigenvalue weighted by atomic mass is 10.2. The molecule has 1 aliphatic rings. The number of benzene rings is 1. The van der Waals surface area contributed by atoms with Crippen LogP contribution in [0.4, 0.5) is 5.69 Å². The average Bonchev–Trinajstić information content (AvgIpc) is 3.14. The number of ether oxygens (including phenoxy) is 1. The van der Waals surface area contributed by atoms with E-state index in [1.54, 1.807) is 12.1 Å². The molecule has 2 rings (SSSR count). The number of carbonyl (C=O) groups excluding carboxylic acids is 2. The molecule has 5 heteroatoms. The zero-order valence-corrected chi connectivity index (χ0v) is 10.1. The molecule has 1 saturated carbocycles. The van der Waals surface area contributed by atoms with Gasteiger partial charge in [0.1, 0.15) is 0 Å². The summed E-state index contributed by atoms with van der Waals surface area (Å²) in [6.45, 7) is 0. The predicted octanol–water partition coefficient (Wildman–Crippen LogP) is 2.48. The first-order valence-corrected chi connectivity index (χ1v) is 5.68. The maximum absolute atomic E-state index is 11.6. The number of rotatable bonds is 3. The summed E-state index contributed by atoms with van der Waals surface area (Å²) in [6.07, 6.45) is 1.87. The highest BCUT2D eigenvalue weighted by molar-refractivity contribution is 6.33. The summed E-state index contributed by atoms with van der Waals surface area (Å²) in [4.78, 5) is 22.9. The van der Waals surface area contributed by atoms with Crippen molar-refractivity contribution in [1.29, 1.82) is 0 Å². The Morgan fingerprint density at radius 1 is 1.41 bits per heavy atom. The lowest BCUT2D eigenvalue weighted by molar-refractivity contribution is -0.117. The van der Waals surface area contributed by atoms with Crippen LogP contribution < -0.4 is 5.32 Å². The Morgan fingerprint density at radius 3 is 2.71 bits per heavy atom. The van der Waals surface area contributed by atoms with Crippen molar-refractivity contribution in [1.82, 2.24) is 0 Å². The molecule has 1 N–H and O–H groups in total. The number of methoxy groups -OCH3 is 1. The molecule has 0 aromatic heterocycles. The summed E-state index contributed by atoms with van der Waals surface area (Å²) in [5.74, 6) is -0.409. The minimum Gasteiger partial charge on any atom is -0.465 e. The van der Waals surface area contributed by atoms with Crippen LogP contribution in [0, 0.1) is 5.92 Å². The fourth-order valence-electron chi connectivity index (χ4n) is 1.46. The van der Waals surface area contributed by atoms with E-state index < -0.39 is 5.97 Å². The molecule has 1 aromatic carbocycles. The highest BCUT2D eigenvalue weighted by atomic mass is 35.5. The maximum Gasteiger partial charge on any atom is 0.339 e. The standard InChI is InChI=1S/C12H12ClNO3/c1-17-12(16)9-6-8(4-5-10(9)13)14-11(15)7-2-3-7/h4-7H,2-3H2,1H3,(H,14,15). The minimum absolute atomic E-state index is 0.0110. The number of hydrogen-bond acceptors (Lipinski definition) is 3. The van der Waals surface area contributed by atoms with Crippen LogP contribution in [-0.2, 0) is 9.53 Å². The summed E-state index contributed by atoms with van der Waals surface area (Å²) >= 11 is 5.87. The van der Waals surface area contributed by atoms with E-state index in [9.17, 15) is 9.59 Å². The third-order valence-electron chi connectivity index (χ3n) is 2.59. The summed E-state index contributed by atoms with van der Waals surface area (Å²) < 4.78 is 4.60. The first kappa shape index (κ1) is 11.9. The van der Waals surface area contributed by atoms with Crippen molar-refractivity contribution in [2.45, 2.75) is 12.8 Å². The molecular weight excluding hydrogens is 242 g/mol. The summed E-state index contributed by atoms with van der Waals surface area (Å²) in [5, 5.41) is 3.05. The van der Waals surface area contributed by atoms with E-state index in [1.165, 1.54) is 13.2 Å². The highest BCUT2D eigenvalue weighted by Crippen LogP contribution is 2.30. The molecule has 0 bridgehead atoms. The molecule has 1 fully saturated rings. The van der Waals surface area contributed by atoms with Crippen molar-refractivity contribution in [2.24, 2.45) is 5.92 Å². The molecule has 0 spiro atoms. The predicted molar refractivity (Wildman–Crippen MR) is 64.1 cm³/mol. The van der Waals surface area contributed by atoms with Gasteiger partial charge in [-0.05, 0) is 31.0 Å². The Morgan fingerprint density at radius 2 is 2.12 bits per heavy atom. The fraction of sp³-hybridized carbons (Fsp3) is 0.333. The van der Waals surface area contributed by atoms with Crippen LogP contribution >= 0.6 is 11.6 Å². The van der Waals surface area contributed by atoms with Gasteiger partial charge >= 0.3 is 5.97 Å². The van der Waals surface area contributed by atoms with E-state index in [4.69, 9.17) is 11.6 Å². The number of anilines is 1. The molecule has 1 aliphatic carbocycles. The second-order valence-electron chi connectivity index (χ2n) is 3.95. The maximum atomic E-state index is 11.6. The summed E-state index contributed by atoms with van der Waals surface area (Å²) in [6, 6.07) is 4.75. The fourth-order valence-corrected chi connectivity index (χ4v) is 1.65. The quantitative estimate of drug-likeness (QED) is 0.842. The molecule has 17 heavy (non-hydrogen) atoms. The Hall–Kier alpha value is -1.55. The van der Waals surface area contributed by atoms with Gasteiger partial charge in [0.2, 0.25) is 5.91 Å². The van der Waals surface area contributed by atoms with E-state index >= 15 is 0 Å². The Balaban J connectivity index is 2.17. The Labute approximate surface area is 104 Å². The molecule has 1 amide bonds. The zero-order valence-electron chi connectivity index (χ0n) is 9.33. The van der Waals surface area contributed by atoms with Crippen molar-refractivity contribution >= 4 is 29.2 Å².